The van der Waals surface area contributed by atoms with E-state index in [1.54, 1.807) is 12.1 Å². The summed E-state index contributed by atoms with van der Waals surface area (Å²) in [4.78, 5) is 12.5. The van der Waals surface area contributed by atoms with Gasteiger partial charge in [-0.25, -0.2) is 4.39 Å². The molecule has 25 heavy (non-hydrogen) atoms. The lowest BCUT2D eigenvalue weighted by Crippen LogP contribution is -2.37. The van der Waals surface area contributed by atoms with Crippen LogP contribution in [0.2, 0.25) is 0 Å². The molecule has 0 saturated carbocycles. The van der Waals surface area contributed by atoms with Crippen LogP contribution in [0, 0.1) is 11.2 Å². The van der Waals surface area contributed by atoms with Crippen molar-refractivity contribution in [2.45, 2.75) is 39.3 Å². The van der Waals surface area contributed by atoms with E-state index < -0.39 is 0 Å². The molecular formula is C20H26ClFN2O. The zero-order valence-electron chi connectivity index (χ0n) is 14.8. The summed E-state index contributed by atoms with van der Waals surface area (Å²) < 4.78 is 13.2. The van der Waals surface area contributed by atoms with Gasteiger partial charge in [0.25, 0.3) is 0 Å². The van der Waals surface area contributed by atoms with Gasteiger partial charge in [0.1, 0.15) is 5.82 Å². The van der Waals surface area contributed by atoms with Gasteiger partial charge in [-0.05, 0) is 28.7 Å². The normalized spacial score (nSPS) is 13.5. The molecule has 0 radical (unpaired) electrons. The molecular weight excluding hydrogens is 339 g/mol. The maximum Gasteiger partial charge on any atom is 0.222 e. The minimum absolute atomic E-state index is 0. The number of nitrogens with one attached hydrogen (secondary N) is 1. The van der Waals surface area contributed by atoms with Gasteiger partial charge in [0.15, 0.2) is 0 Å². The fraction of sp³-hybridized carbons (Fsp3) is 0.350. The van der Waals surface area contributed by atoms with Crippen molar-refractivity contribution in [1.29, 1.82) is 0 Å². The maximum absolute atomic E-state index is 13.2. The van der Waals surface area contributed by atoms with E-state index in [-0.39, 0.29) is 48.1 Å². The van der Waals surface area contributed by atoms with Crippen LogP contribution in [-0.4, -0.2) is 5.91 Å². The molecule has 2 rings (SSSR count). The van der Waals surface area contributed by atoms with Crippen molar-refractivity contribution in [3.05, 3.63) is 71.5 Å². The highest BCUT2D eigenvalue weighted by atomic mass is 35.5. The van der Waals surface area contributed by atoms with Crippen LogP contribution in [0.5, 0.6) is 0 Å². The summed E-state index contributed by atoms with van der Waals surface area (Å²) in [6.45, 7) is 6.12. The van der Waals surface area contributed by atoms with Crippen LogP contribution in [0.4, 0.5) is 4.39 Å². The number of nitrogens with two attached hydrogens (primary N) is 1. The first-order valence-electron chi connectivity index (χ1n) is 8.12. The molecule has 1 amide bonds. The van der Waals surface area contributed by atoms with Crippen molar-refractivity contribution in [2.24, 2.45) is 11.1 Å². The molecule has 0 aliphatic rings. The van der Waals surface area contributed by atoms with Gasteiger partial charge in [0.2, 0.25) is 5.91 Å². The lowest BCUT2D eigenvalue weighted by Gasteiger charge is -2.32. The highest BCUT2D eigenvalue weighted by Crippen LogP contribution is 2.33. The number of benzene rings is 2. The van der Waals surface area contributed by atoms with Gasteiger partial charge in [-0.15, -0.1) is 12.4 Å². The van der Waals surface area contributed by atoms with Crippen molar-refractivity contribution in [1.82, 2.24) is 5.32 Å². The molecule has 3 N–H and O–H groups in total. The smallest absolute Gasteiger partial charge is 0.222 e. The third-order valence-corrected chi connectivity index (χ3v) is 4.01. The Bertz CT molecular complexity index is 668. The van der Waals surface area contributed by atoms with E-state index in [2.05, 4.69) is 5.32 Å². The van der Waals surface area contributed by atoms with Crippen molar-refractivity contribution < 1.29 is 9.18 Å². The molecule has 0 spiro atoms. The van der Waals surface area contributed by atoms with E-state index in [9.17, 15) is 9.18 Å². The highest BCUT2D eigenvalue weighted by molar-refractivity contribution is 5.85. The SMILES string of the molecule is CC(C)(C)C(NC(=O)CC(N)c1ccccc1)c1ccc(F)cc1.Cl. The second-order valence-electron chi connectivity index (χ2n) is 7.14. The Morgan fingerprint density at radius 1 is 1.04 bits per heavy atom. The summed E-state index contributed by atoms with van der Waals surface area (Å²) >= 11 is 0. The molecule has 0 aliphatic carbocycles. The Kier molecular flexibility index (Phi) is 7.59. The van der Waals surface area contributed by atoms with Gasteiger partial charge in [0.05, 0.1) is 6.04 Å². The highest BCUT2D eigenvalue weighted by Gasteiger charge is 2.28. The molecule has 0 bridgehead atoms. The van der Waals surface area contributed by atoms with Crippen molar-refractivity contribution in [3.63, 3.8) is 0 Å². The predicted octanol–water partition coefficient (Wildman–Crippen LogP) is 4.54. The average molecular weight is 365 g/mol. The second kappa shape index (κ2) is 8.97. The second-order valence-corrected chi connectivity index (χ2v) is 7.14. The van der Waals surface area contributed by atoms with Crippen LogP contribution in [0.1, 0.15) is 50.4 Å². The molecule has 2 unspecified atom stereocenters. The molecule has 2 atom stereocenters. The largest absolute Gasteiger partial charge is 0.349 e. The molecule has 3 nitrogen and oxygen atoms in total. The number of rotatable bonds is 5. The minimum atomic E-state index is -0.347. The molecule has 0 aliphatic heterocycles. The Morgan fingerprint density at radius 3 is 2.12 bits per heavy atom. The fourth-order valence-electron chi connectivity index (χ4n) is 2.69. The first kappa shape index (κ1) is 21.1. The number of amides is 1. The summed E-state index contributed by atoms with van der Waals surface area (Å²) in [6, 6.07) is 15.2. The first-order valence-corrected chi connectivity index (χ1v) is 8.12. The van der Waals surface area contributed by atoms with E-state index in [4.69, 9.17) is 5.73 Å². The van der Waals surface area contributed by atoms with Gasteiger partial charge in [-0.2, -0.15) is 0 Å². The number of halogens is 2. The van der Waals surface area contributed by atoms with Crippen LogP contribution in [0.25, 0.3) is 0 Å². The van der Waals surface area contributed by atoms with Crippen LogP contribution < -0.4 is 11.1 Å². The molecule has 2 aromatic carbocycles. The third-order valence-electron chi connectivity index (χ3n) is 4.01. The van der Waals surface area contributed by atoms with Crippen LogP contribution in [0.15, 0.2) is 54.6 Å². The van der Waals surface area contributed by atoms with E-state index >= 15 is 0 Å². The van der Waals surface area contributed by atoms with Gasteiger partial charge in [-0.3, -0.25) is 4.79 Å². The molecule has 0 fully saturated rings. The summed E-state index contributed by atoms with van der Waals surface area (Å²) in [5, 5.41) is 3.05. The molecule has 0 aromatic heterocycles. The fourth-order valence-corrected chi connectivity index (χ4v) is 2.69. The van der Waals surface area contributed by atoms with Crippen molar-refractivity contribution in [3.8, 4) is 0 Å². The monoisotopic (exact) mass is 364 g/mol. The Morgan fingerprint density at radius 2 is 1.60 bits per heavy atom. The lowest BCUT2D eigenvalue weighted by molar-refractivity contribution is -0.123. The third kappa shape index (κ3) is 6.15. The minimum Gasteiger partial charge on any atom is -0.349 e. The summed E-state index contributed by atoms with van der Waals surface area (Å²) in [7, 11) is 0. The molecule has 0 heterocycles. The topological polar surface area (TPSA) is 55.1 Å². The number of hydrogen-bond donors (Lipinski definition) is 2. The zero-order chi connectivity index (χ0) is 17.7. The molecule has 0 saturated heterocycles. The van der Waals surface area contributed by atoms with Crippen molar-refractivity contribution >= 4 is 18.3 Å². The van der Waals surface area contributed by atoms with Gasteiger partial charge >= 0.3 is 0 Å². The average Bonchev–Trinajstić information content (AvgIpc) is 2.53. The van der Waals surface area contributed by atoms with Gasteiger partial charge in [0, 0.05) is 12.5 Å². The molecule has 5 heteroatoms. The Hall–Kier alpha value is -1.91. The van der Waals surface area contributed by atoms with E-state index in [1.807, 2.05) is 51.1 Å². The summed E-state index contributed by atoms with van der Waals surface area (Å²) in [5.74, 6) is -0.403. The Balaban J connectivity index is 0.00000312. The van der Waals surface area contributed by atoms with Gasteiger partial charge in [-0.1, -0.05) is 63.2 Å². The number of hydrogen-bond acceptors (Lipinski definition) is 2. The van der Waals surface area contributed by atoms with E-state index in [0.717, 1.165) is 11.1 Å². The Labute approximate surface area is 155 Å². The standard InChI is InChI=1S/C20H25FN2O.ClH/c1-20(2,3)19(15-9-11-16(21)12-10-15)23-18(24)13-17(22)14-7-5-4-6-8-14;/h4-12,17,19H,13,22H2,1-3H3,(H,23,24);1H. The molecule has 2 aromatic rings. The predicted molar refractivity (Wildman–Crippen MR) is 102 cm³/mol. The lowest BCUT2D eigenvalue weighted by atomic mass is 9.82. The van der Waals surface area contributed by atoms with E-state index in [0.29, 0.717) is 0 Å². The molecule has 136 valence electrons. The van der Waals surface area contributed by atoms with Crippen LogP contribution >= 0.6 is 12.4 Å². The van der Waals surface area contributed by atoms with Crippen LogP contribution in [0.3, 0.4) is 0 Å². The maximum atomic E-state index is 13.2. The quantitative estimate of drug-likeness (QED) is 0.818. The number of carbonyl (C=O) groups is 1. The van der Waals surface area contributed by atoms with Crippen LogP contribution in [-0.2, 0) is 4.79 Å². The zero-order valence-corrected chi connectivity index (χ0v) is 15.6. The van der Waals surface area contributed by atoms with E-state index in [1.165, 1.54) is 12.1 Å². The van der Waals surface area contributed by atoms with Gasteiger partial charge < -0.3 is 11.1 Å². The first-order chi connectivity index (χ1) is 11.3. The summed E-state index contributed by atoms with van der Waals surface area (Å²) in [6.07, 6.45) is 0.206. The number of carbonyl (C=O) groups excluding carboxylic acids is 1. The van der Waals surface area contributed by atoms with Crippen molar-refractivity contribution in [2.75, 3.05) is 0 Å². The summed E-state index contributed by atoms with van der Waals surface area (Å²) in [5.41, 5.74) is 7.74.